The van der Waals surface area contributed by atoms with E-state index in [1.54, 1.807) is 11.1 Å². The fraction of sp³-hybridized carbons (Fsp3) is 0.368. The Bertz CT molecular complexity index is 875. The highest BCUT2D eigenvalue weighted by Gasteiger charge is 2.33. The summed E-state index contributed by atoms with van der Waals surface area (Å²) in [6, 6.07) is 6.56. The molecule has 146 valence electrons. The number of rotatable bonds is 2. The van der Waals surface area contributed by atoms with Crippen LogP contribution in [0, 0.1) is 6.92 Å². The summed E-state index contributed by atoms with van der Waals surface area (Å²) in [6.07, 6.45) is -3.43. The minimum Gasteiger partial charge on any atom is -0.491 e. The van der Waals surface area contributed by atoms with Gasteiger partial charge in [0.2, 0.25) is 0 Å². The summed E-state index contributed by atoms with van der Waals surface area (Å²) >= 11 is 0. The molecule has 0 saturated carbocycles. The summed E-state index contributed by atoms with van der Waals surface area (Å²) in [5.74, 6) is -0.125. The largest absolute Gasteiger partial charge is 0.491 e. The van der Waals surface area contributed by atoms with Crippen LogP contribution < -0.4 is 15.6 Å². The standard InChI is InChI=1S/C16H13F3N2O3.C3H8/c1-8-2-4-12-10(6-8)11(7-24-12)20-14(22)9-3-5-13(16(17,18)19)21-15(9)23;1-3-2/h2-6,11H,7H2,1H3,(H,20,22)(H,21,23);3H2,1-2H3/t11-;/m1./s1. The number of carbonyl (C=O) groups excluding carboxylic acids is 1. The van der Waals surface area contributed by atoms with Gasteiger partial charge < -0.3 is 15.0 Å². The Morgan fingerprint density at radius 1 is 1.26 bits per heavy atom. The fourth-order valence-corrected chi connectivity index (χ4v) is 2.51. The third kappa shape index (κ3) is 4.90. The number of pyridine rings is 1. The molecule has 0 bridgehead atoms. The number of fused-ring (bicyclic) bond motifs is 1. The summed E-state index contributed by atoms with van der Waals surface area (Å²) in [7, 11) is 0. The lowest BCUT2D eigenvalue weighted by Crippen LogP contribution is -2.34. The highest BCUT2D eigenvalue weighted by atomic mass is 19.4. The number of H-pyrrole nitrogens is 1. The van der Waals surface area contributed by atoms with Crippen molar-refractivity contribution < 1.29 is 22.7 Å². The molecular formula is C19H21F3N2O3. The average Bonchev–Trinajstić information content (AvgIpc) is 2.96. The molecular weight excluding hydrogens is 361 g/mol. The number of benzene rings is 1. The number of ether oxygens (including phenoxy) is 1. The maximum Gasteiger partial charge on any atom is 0.431 e. The van der Waals surface area contributed by atoms with Crippen molar-refractivity contribution in [3.8, 4) is 5.75 Å². The molecule has 0 fully saturated rings. The first kappa shape index (κ1) is 20.5. The minimum absolute atomic E-state index is 0.197. The van der Waals surface area contributed by atoms with E-state index < -0.39 is 29.4 Å². The first-order chi connectivity index (χ1) is 12.7. The SMILES string of the molecule is CCC.Cc1ccc2c(c1)[C@H](NC(=O)c1ccc(C(F)(F)F)[nH]c1=O)CO2. The summed E-state index contributed by atoms with van der Waals surface area (Å²) in [5.41, 5.74) is -0.929. The Morgan fingerprint density at radius 2 is 1.93 bits per heavy atom. The number of aromatic amines is 1. The lowest BCUT2D eigenvalue weighted by atomic mass is 10.1. The second-order valence-corrected chi connectivity index (χ2v) is 6.20. The molecule has 1 amide bonds. The van der Waals surface area contributed by atoms with Crippen LogP contribution in [0.2, 0.25) is 0 Å². The number of nitrogens with one attached hydrogen (secondary N) is 2. The van der Waals surface area contributed by atoms with Gasteiger partial charge in [-0.25, -0.2) is 0 Å². The van der Waals surface area contributed by atoms with E-state index in [9.17, 15) is 22.8 Å². The number of aromatic nitrogens is 1. The van der Waals surface area contributed by atoms with E-state index >= 15 is 0 Å². The van der Waals surface area contributed by atoms with Gasteiger partial charge >= 0.3 is 6.18 Å². The zero-order chi connectivity index (χ0) is 20.2. The Hall–Kier alpha value is -2.77. The number of alkyl halides is 3. The normalized spacial score (nSPS) is 15.3. The van der Waals surface area contributed by atoms with Gasteiger partial charge in [0.05, 0.1) is 6.04 Å². The van der Waals surface area contributed by atoms with Gasteiger partial charge in [0.1, 0.15) is 23.6 Å². The molecule has 0 spiro atoms. The van der Waals surface area contributed by atoms with Crippen molar-refractivity contribution in [1.82, 2.24) is 10.3 Å². The lowest BCUT2D eigenvalue weighted by molar-refractivity contribution is -0.141. The molecule has 0 unspecified atom stereocenters. The number of amides is 1. The van der Waals surface area contributed by atoms with Crippen LogP contribution in [0.3, 0.4) is 0 Å². The maximum absolute atomic E-state index is 12.5. The Labute approximate surface area is 154 Å². The highest BCUT2D eigenvalue weighted by molar-refractivity contribution is 5.94. The minimum atomic E-state index is -4.68. The smallest absolute Gasteiger partial charge is 0.431 e. The third-order valence-corrected chi connectivity index (χ3v) is 3.71. The molecule has 2 aromatic rings. The van der Waals surface area contributed by atoms with Crippen molar-refractivity contribution in [2.45, 2.75) is 39.4 Å². The molecule has 8 heteroatoms. The van der Waals surface area contributed by atoms with E-state index in [1.807, 2.05) is 19.1 Å². The van der Waals surface area contributed by atoms with E-state index in [0.29, 0.717) is 11.8 Å². The van der Waals surface area contributed by atoms with Gasteiger partial charge in [-0.15, -0.1) is 0 Å². The van der Waals surface area contributed by atoms with Gasteiger partial charge in [-0.05, 0) is 25.1 Å². The predicted molar refractivity (Wildman–Crippen MR) is 94.9 cm³/mol. The summed E-state index contributed by atoms with van der Waals surface area (Å²) in [5, 5.41) is 2.61. The summed E-state index contributed by atoms with van der Waals surface area (Å²) in [4.78, 5) is 25.6. The molecule has 0 radical (unpaired) electrons. The fourth-order valence-electron chi connectivity index (χ4n) is 2.51. The van der Waals surface area contributed by atoms with E-state index in [-0.39, 0.29) is 12.2 Å². The molecule has 1 aromatic carbocycles. The number of aryl methyl sites for hydroxylation is 1. The van der Waals surface area contributed by atoms with Crippen molar-refractivity contribution in [3.05, 3.63) is 63.1 Å². The quantitative estimate of drug-likeness (QED) is 0.825. The third-order valence-electron chi connectivity index (χ3n) is 3.71. The molecule has 0 aliphatic carbocycles. The average molecular weight is 382 g/mol. The van der Waals surface area contributed by atoms with Crippen molar-refractivity contribution in [1.29, 1.82) is 0 Å². The number of hydrogen-bond acceptors (Lipinski definition) is 3. The number of halogens is 3. The van der Waals surface area contributed by atoms with Crippen molar-refractivity contribution in [2.24, 2.45) is 0 Å². The lowest BCUT2D eigenvalue weighted by Gasteiger charge is -2.12. The van der Waals surface area contributed by atoms with Gasteiger partial charge in [-0.1, -0.05) is 38.0 Å². The number of hydrogen-bond donors (Lipinski definition) is 2. The van der Waals surface area contributed by atoms with E-state index in [4.69, 9.17) is 4.74 Å². The molecule has 1 aliphatic heterocycles. The Kier molecular flexibility index (Phi) is 6.30. The van der Waals surface area contributed by atoms with Gasteiger partial charge in [-0.2, -0.15) is 13.2 Å². The van der Waals surface area contributed by atoms with Gasteiger partial charge in [0.15, 0.2) is 0 Å². The second-order valence-electron chi connectivity index (χ2n) is 6.20. The molecule has 2 N–H and O–H groups in total. The molecule has 1 atom stereocenters. The van der Waals surface area contributed by atoms with Crippen molar-refractivity contribution in [2.75, 3.05) is 6.61 Å². The maximum atomic E-state index is 12.5. The van der Waals surface area contributed by atoms with Crippen LogP contribution in [0.1, 0.15) is 53.5 Å². The van der Waals surface area contributed by atoms with Gasteiger partial charge in [0, 0.05) is 5.56 Å². The summed E-state index contributed by atoms with van der Waals surface area (Å²) < 4.78 is 43.1. The second kappa shape index (κ2) is 8.28. The van der Waals surface area contributed by atoms with Crippen LogP contribution in [-0.4, -0.2) is 17.5 Å². The summed E-state index contributed by atoms with van der Waals surface area (Å²) in [6.45, 7) is 6.33. The van der Waals surface area contributed by atoms with Crippen LogP contribution >= 0.6 is 0 Å². The van der Waals surface area contributed by atoms with E-state index in [0.717, 1.165) is 17.2 Å². The topological polar surface area (TPSA) is 71.2 Å². The molecule has 2 heterocycles. The zero-order valence-corrected chi connectivity index (χ0v) is 15.2. The first-order valence-electron chi connectivity index (χ1n) is 8.52. The molecule has 1 aromatic heterocycles. The zero-order valence-electron chi connectivity index (χ0n) is 15.2. The van der Waals surface area contributed by atoms with E-state index in [2.05, 4.69) is 19.2 Å². The van der Waals surface area contributed by atoms with Crippen LogP contribution in [0.4, 0.5) is 13.2 Å². The van der Waals surface area contributed by atoms with Crippen LogP contribution in [0.25, 0.3) is 0 Å². The number of carbonyl (C=O) groups is 1. The van der Waals surface area contributed by atoms with E-state index in [1.165, 1.54) is 6.42 Å². The molecule has 1 aliphatic rings. The molecule has 5 nitrogen and oxygen atoms in total. The van der Waals surface area contributed by atoms with Crippen LogP contribution in [0.5, 0.6) is 5.75 Å². The Morgan fingerprint density at radius 3 is 2.52 bits per heavy atom. The first-order valence-corrected chi connectivity index (χ1v) is 8.52. The molecule has 3 rings (SSSR count). The molecule has 0 saturated heterocycles. The van der Waals surface area contributed by atoms with Crippen LogP contribution in [-0.2, 0) is 6.18 Å². The molecule has 27 heavy (non-hydrogen) atoms. The Balaban J connectivity index is 0.000000817. The highest BCUT2D eigenvalue weighted by Crippen LogP contribution is 2.33. The monoisotopic (exact) mass is 382 g/mol. The van der Waals surface area contributed by atoms with Crippen LogP contribution in [0.15, 0.2) is 35.1 Å². The van der Waals surface area contributed by atoms with Gasteiger partial charge in [0.25, 0.3) is 11.5 Å². The predicted octanol–water partition coefficient (Wildman–Crippen LogP) is 3.98. The van der Waals surface area contributed by atoms with Crippen molar-refractivity contribution >= 4 is 5.91 Å². The van der Waals surface area contributed by atoms with Gasteiger partial charge in [-0.3, -0.25) is 9.59 Å². The van der Waals surface area contributed by atoms with Crippen molar-refractivity contribution in [3.63, 3.8) is 0 Å².